The average molecular weight is 331 g/mol. The highest BCUT2D eigenvalue weighted by Gasteiger charge is 2.03. The maximum absolute atomic E-state index is 6.11. The van der Waals surface area contributed by atoms with Gasteiger partial charge in [0.25, 0.3) is 0 Å². The molecule has 0 radical (unpaired) electrons. The molecule has 0 aliphatic heterocycles. The Hall–Kier alpha value is -0.510. The summed E-state index contributed by atoms with van der Waals surface area (Å²) in [5.41, 5.74) is 2.14. The van der Waals surface area contributed by atoms with E-state index in [-0.39, 0.29) is 0 Å². The number of benzene rings is 1. The van der Waals surface area contributed by atoms with Crippen LogP contribution in [0.15, 0.2) is 34.1 Å². The maximum Gasteiger partial charge on any atom is 0.0499 e. The minimum absolute atomic E-state index is 0.798. The lowest BCUT2D eigenvalue weighted by molar-refractivity contribution is 1.04. The van der Waals surface area contributed by atoms with Crippen LogP contribution >= 0.6 is 38.9 Å². The SMILES string of the molecule is Cc1cc(Br)c(NCCc2cccs2)cc1Cl. The van der Waals surface area contributed by atoms with E-state index in [1.165, 1.54) is 4.88 Å². The van der Waals surface area contributed by atoms with Crippen LogP contribution in [0.1, 0.15) is 10.4 Å². The molecule has 17 heavy (non-hydrogen) atoms. The third-order valence-electron chi connectivity index (χ3n) is 2.52. The molecule has 1 aromatic carbocycles. The minimum Gasteiger partial charge on any atom is -0.384 e. The Morgan fingerprint density at radius 3 is 2.94 bits per heavy atom. The first-order chi connectivity index (χ1) is 8.16. The number of aryl methyl sites for hydroxylation is 1. The third kappa shape index (κ3) is 3.47. The molecule has 0 saturated heterocycles. The summed E-state index contributed by atoms with van der Waals surface area (Å²) in [6, 6.07) is 8.24. The largest absolute Gasteiger partial charge is 0.384 e. The summed E-state index contributed by atoms with van der Waals surface area (Å²) in [5.74, 6) is 0. The highest BCUT2D eigenvalue weighted by molar-refractivity contribution is 9.10. The second kappa shape index (κ2) is 5.89. The first-order valence-corrected chi connectivity index (χ1v) is 7.44. The first-order valence-electron chi connectivity index (χ1n) is 5.38. The second-order valence-electron chi connectivity index (χ2n) is 3.84. The Kier molecular flexibility index (Phi) is 4.48. The van der Waals surface area contributed by atoms with Gasteiger partial charge in [-0.3, -0.25) is 0 Å². The second-order valence-corrected chi connectivity index (χ2v) is 6.13. The van der Waals surface area contributed by atoms with Crippen LogP contribution in [0.3, 0.4) is 0 Å². The van der Waals surface area contributed by atoms with Crippen LogP contribution in [0, 0.1) is 6.92 Å². The van der Waals surface area contributed by atoms with E-state index in [9.17, 15) is 0 Å². The van der Waals surface area contributed by atoms with Gasteiger partial charge in [-0.1, -0.05) is 17.7 Å². The van der Waals surface area contributed by atoms with Gasteiger partial charge in [0.1, 0.15) is 0 Å². The van der Waals surface area contributed by atoms with Gasteiger partial charge in [-0.05, 0) is 58.4 Å². The molecule has 0 unspecified atom stereocenters. The Morgan fingerprint density at radius 2 is 2.24 bits per heavy atom. The summed E-state index contributed by atoms with van der Waals surface area (Å²) in [6.07, 6.45) is 1.04. The zero-order chi connectivity index (χ0) is 12.3. The molecule has 0 saturated carbocycles. The number of nitrogens with one attached hydrogen (secondary N) is 1. The van der Waals surface area contributed by atoms with Crippen molar-refractivity contribution in [3.05, 3.63) is 49.6 Å². The number of hydrogen-bond donors (Lipinski definition) is 1. The first kappa shape index (κ1) is 12.9. The Bertz CT molecular complexity index is 496. The van der Waals surface area contributed by atoms with E-state index in [0.717, 1.165) is 33.7 Å². The van der Waals surface area contributed by atoms with Gasteiger partial charge < -0.3 is 5.32 Å². The molecular formula is C13H13BrClNS. The highest BCUT2D eigenvalue weighted by Crippen LogP contribution is 2.29. The molecule has 4 heteroatoms. The van der Waals surface area contributed by atoms with Crippen molar-refractivity contribution in [2.75, 3.05) is 11.9 Å². The van der Waals surface area contributed by atoms with Gasteiger partial charge in [0, 0.05) is 26.6 Å². The van der Waals surface area contributed by atoms with Crippen molar-refractivity contribution in [2.24, 2.45) is 0 Å². The van der Waals surface area contributed by atoms with Crippen molar-refractivity contribution in [1.82, 2.24) is 0 Å². The molecule has 0 spiro atoms. The summed E-state index contributed by atoms with van der Waals surface area (Å²) < 4.78 is 1.06. The summed E-state index contributed by atoms with van der Waals surface area (Å²) in [7, 11) is 0. The van der Waals surface area contributed by atoms with E-state index in [4.69, 9.17) is 11.6 Å². The summed E-state index contributed by atoms with van der Waals surface area (Å²) in [6.45, 7) is 2.92. The fraction of sp³-hybridized carbons (Fsp3) is 0.231. The predicted molar refractivity (Wildman–Crippen MR) is 80.4 cm³/mol. The van der Waals surface area contributed by atoms with Gasteiger partial charge in [0.15, 0.2) is 0 Å². The van der Waals surface area contributed by atoms with Crippen LogP contribution in [0.25, 0.3) is 0 Å². The van der Waals surface area contributed by atoms with Crippen LogP contribution in [0.2, 0.25) is 5.02 Å². The molecule has 1 N–H and O–H groups in total. The number of thiophene rings is 1. The van der Waals surface area contributed by atoms with Crippen molar-refractivity contribution in [1.29, 1.82) is 0 Å². The van der Waals surface area contributed by atoms with E-state index < -0.39 is 0 Å². The van der Waals surface area contributed by atoms with Crippen LogP contribution in [-0.4, -0.2) is 6.54 Å². The van der Waals surface area contributed by atoms with Crippen molar-refractivity contribution >= 4 is 44.6 Å². The smallest absolute Gasteiger partial charge is 0.0499 e. The molecule has 0 amide bonds. The zero-order valence-electron chi connectivity index (χ0n) is 9.47. The molecule has 1 aromatic heterocycles. The van der Waals surface area contributed by atoms with Crippen molar-refractivity contribution in [3.63, 3.8) is 0 Å². The Labute approximate surface area is 119 Å². The van der Waals surface area contributed by atoms with E-state index >= 15 is 0 Å². The normalized spacial score (nSPS) is 10.5. The van der Waals surface area contributed by atoms with Crippen LogP contribution in [-0.2, 0) is 6.42 Å². The number of anilines is 1. The Balaban J connectivity index is 1.97. The molecule has 0 atom stereocenters. The summed E-state index contributed by atoms with van der Waals surface area (Å²) >= 11 is 11.4. The molecule has 0 aliphatic carbocycles. The molecule has 0 fully saturated rings. The Morgan fingerprint density at radius 1 is 1.41 bits per heavy atom. The topological polar surface area (TPSA) is 12.0 Å². The van der Waals surface area contributed by atoms with Gasteiger partial charge in [-0.2, -0.15) is 0 Å². The van der Waals surface area contributed by atoms with Crippen LogP contribution in [0.4, 0.5) is 5.69 Å². The number of hydrogen-bond acceptors (Lipinski definition) is 2. The molecule has 0 bridgehead atoms. The standard InChI is InChI=1S/C13H13BrClNS/c1-9-7-11(14)13(8-12(9)15)16-5-4-10-3-2-6-17-10/h2-3,6-8,16H,4-5H2,1H3. The fourth-order valence-electron chi connectivity index (χ4n) is 1.56. The van der Waals surface area contributed by atoms with Gasteiger partial charge >= 0.3 is 0 Å². The van der Waals surface area contributed by atoms with Gasteiger partial charge in [0.05, 0.1) is 0 Å². The molecule has 90 valence electrons. The molecule has 1 heterocycles. The van der Waals surface area contributed by atoms with E-state index in [0.29, 0.717) is 0 Å². The van der Waals surface area contributed by atoms with Crippen molar-refractivity contribution in [3.8, 4) is 0 Å². The van der Waals surface area contributed by atoms with E-state index in [1.807, 2.05) is 19.1 Å². The fourth-order valence-corrected chi connectivity index (χ4v) is 3.03. The zero-order valence-corrected chi connectivity index (χ0v) is 12.6. The predicted octanol–water partition coefficient (Wildman–Crippen LogP) is 5.13. The molecule has 0 aliphatic rings. The lowest BCUT2D eigenvalue weighted by Crippen LogP contribution is -2.04. The van der Waals surface area contributed by atoms with Gasteiger partial charge in [-0.25, -0.2) is 0 Å². The van der Waals surface area contributed by atoms with Crippen molar-refractivity contribution in [2.45, 2.75) is 13.3 Å². The molecule has 1 nitrogen and oxygen atoms in total. The van der Waals surface area contributed by atoms with E-state index in [1.54, 1.807) is 11.3 Å². The van der Waals surface area contributed by atoms with Crippen LogP contribution < -0.4 is 5.32 Å². The summed E-state index contributed by atoms with van der Waals surface area (Å²) in [4.78, 5) is 1.40. The monoisotopic (exact) mass is 329 g/mol. The molecule has 2 aromatic rings. The van der Waals surface area contributed by atoms with Crippen molar-refractivity contribution < 1.29 is 0 Å². The van der Waals surface area contributed by atoms with Gasteiger partial charge in [-0.15, -0.1) is 11.3 Å². The summed E-state index contributed by atoms with van der Waals surface area (Å²) in [5, 5.41) is 6.30. The molecule has 2 rings (SSSR count). The lowest BCUT2D eigenvalue weighted by atomic mass is 10.2. The number of rotatable bonds is 4. The number of halogens is 2. The van der Waals surface area contributed by atoms with Gasteiger partial charge in [0.2, 0.25) is 0 Å². The average Bonchev–Trinajstić information content (AvgIpc) is 2.78. The minimum atomic E-state index is 0.798. The maximum atomic E-state index is 6.11. The van der Waals surface area contributed by atoms with Crippen LogP contribution in [0.5, 0.6) is 0 Å². The third-order valence-corrected chi connectivity index (χ3v) is 4.51. The molecular weight excluding hydrogens is 318 g/mol. The quantitative estimate of drug-likeness (QED) is 0.819. The highest BCUT2D eigenvalue weighted by atomic mass is 79.9. The van der Waals surface area contributed by atoms with E-state index in [2.05, 4.69) is 38.8 Å². The lowest BCUT2D eigenvalue weighted by Gasteiger charge is -2.10.